The number of aromatic amines is 1. The molecule has 3 fully saturated rings. The van der Waals surface area contributed by atoms with Gasteiger partial charge in [0.1, 0.15) is 5.82 Å². The zero-order chi connectivity index (χ0) is 12.8. The Kier molecular flexibility index (Phi) is 2.76. The summed E-state index contributed by atoms with van der Waals surface area (Å²) in [5, 5.41) is 7.64. The van der Waals surface area contributed by atoms with Gasteiger partial charge in [0.15, 0.2) is 0 Å². The van der Waals surface area contributed by atoms with Crippen molar-refractivity contribution >= 4 is 5.95 Å². The van der Waals surface area contributed by atoms with E-state index in [0.717, 1.165) is 43.2 Å². The standard InChI is InChI=1S/C14H23N5/c15-7-9-3-2-6-19(8-9)14-16-13(17-18-14)12-10-4-1-5-11(10)12/h9-12H,1-8,15H2,(H,16,17,18). The number of anilines is 1. The molecule has 1 saturated heterocycles. The number of piperidine rings is 1. The van der Waals surface area contributed by atoms with Crippen LogP contribution in [0.1, 0.15) is 43.8 Å². The van der Waals surface area contributed by atoms with Gasteiger partial charge in [-0.3, -0.25) is 5.10 Å². The summed E-state index contributed by atoms with van der Waals surface area (Å²) in [4.78, 5) is 7.07. The van der Waals surface area contributed by atoms with Crippen molar-refractivity contribution in [1.82, 2.24) is 15.2 Å². The molecule has 0 spiro atoms. The molecule has 19 heavy (non-hydrogen) atoms. The number of hydrogen-bond donors (Lipinski definition) is 2. The molecule has 0 aromatic carbocycles. The maximum Gasteiger partial charge on any atom is 0.244 e. The van der Waals surface area contributed by atoms with Gasteiger partial charge in [-0.1, -0.05) is 6.42 Å². The molecule has 1 aromatic rings. The maximum atomic E-state index is 5.79. The largest absolute Gasteiger partial charge is 0.339 e. The number of aromatic nitrogens is 3. The number of nitrogens with two attached hydrogens (primary N) is 1. The highest BCUT2D eigenvalue weighted by atomic mass is 15.4. The van der Waals surface area contributed by atoms with Crippen LogP contribution in [0, 0.1) is 17.8 Å². The smallest absolute Gasteiger partial charge is 0.244 e. The van der Waals surface area contributed by atoms with Crippen molar-refractivity contribution in [2.45, 2.75) is 38.0 Å². The third-order valence-corrected chi connectivity index (χ3v) is 5.35. The summed E-state index contributed by atoms with van der Waals surface area (Å²) in [7, 11) is 0. The average molecular weight is 261 g/mol. The Morgan fingerprint density at radius 3 is 2.84 bits per heavy atom. The van der Waals surface area contributed by atoms with Gasteiger partial charge < -0.3 is 10.6 Å². The molecule has 0 amide bonds. The molecule has 0 bridgehead atoms. The fraction of sp³-hybridized carbons (Fsp3) is 0.857. The summed E-state index contributed by atoms with van der Waals surface area (Å²) in [6.45, 7) is 2.87. The van der Waals surface area contributed by atoms with Crippen molar-refractivity contribution < 1.29 is 0 Å². The van der Waals surface area contributed by atoms with E-state index in [4.69, 9.17) is 10.7 Å². The highest BCUT2D eigenvalue weighted by Crippen LogP contribution is 2.62. The van der Waals surface area contributed by atoms with E-state index in [2.05, 4.69) is 15.1 Å². The quantitative estimate of drug-likeness (QED) is 0.865. The molecular weight excluding hydrogens is 238 g/mol. The number of hydrogen-bond acceptors (Lipinski definition) is 4. The van der Waals surface area contributed by atoms with E-state index in [1.807, 2.05) is 0 Å². The lowest BCUT2D eigenvalue weighted by Crippen LogP contribution is -2.39. The van der Waals surface area contributed by atoms with E-state index in [-0.39, 0.29) is 0 Å². The van der Waals surface area contributed by atoms with Crippen LogP contribution in [0.4, 0.5) is 5.95 Å². The first-order chi connectivity index (χ1) is 9.36. The van der Waals surface area contributed by atoms with Crippen molar-refractivity contribution in [3.05, 3.63) is 5.82 Å². The molecule has 3 unspecified atom stereocenters. The minimum atomic E-state index is 0.607. The lowest BCUT2D eigenvalue weighted by Gasteiger charge is -2.31. The fourth-order valence-corrected chi connectivity index (χ4v) is 4.22. The van der Waals surface area contributed by atoms with Gasteiger partial charge in [0, 0.05) is 19.0 Å². The number of rotatable bonds is 3. The molecule has 104 valence electrons. The van der Waals surface area contributed by atoms with Gasteiger partial charge in [-0.25, -0.2) is 0 Å². The Balaban J connectivity index is 1.46. The average Bonchev–Trinajstić information content (AvgIpc) is 2.91. The van der Waals surface area contributed by atoms with Gasteiger partial charge in [-0.15, -0.1) is 5.10 Å². The van der Waals surface area contributed by atoms with Crippen LogP contribution in [0.25, 0.3) is 0 Å². The SMILES string of the molecule is NCC1CCCN(c2n[nH]c(C3C4CCCC43)n2)C1. The lowest BCUT2D eigenvalue weighted by molar-refractivity contribution is 0.419. The van der Waals surface area contributed by atoms with Crippen LogP contribution in [-0.4, -0.2) is 34.8 Å². The van der Waals surface area contributed by atoms with Crippen LogP contribution in [0.2, 0.25) is 0 Å². The Morgan fingerprint density at radius 1 is 1.21 bits per heavy atom. The van der Waals surface area contributed by atoms with E-state index >= 15 is 0 Å². The van der Waals surface area contributed by atoms with Gasteiger partial charge >= 0.3 is 0 Å². The normalized spacial score (nSPS) is 37.4. The first-order valence-electron chi connectivity index (χ1n) is 7.74. The molecule has 0 radical (unpaired) electrons. The molecule has 1 aliphatic heterocycles. The van der Waals surface area contributed by atoms with Crippen molar-refractivity contribution in [2.75, 3.05) is 24.5 Å². The Hall–Kier alpha value is -1.10. The minimum absolute atomic E-state index is 0.607. The molecule has 3 aliphatic rings. The van der Waals surface area contributed by atoms with Crippen LogP contribution in [0.15, 0.2) is 0 Å². The van der Waals surface area contributed by atoms with Crippen molar-refractivity contribution in [3.63, 3.8) is 0 Å². The van der Waals surface area contributed by atoms with Crippen LogP contribution in [-0.2, 0) is 0 Å². The number of nitrogens with zero attached hydrogens (tertiary/aromatic N) is 3. The zero-order valence-corrected chi connectivity index (χ0v) is 11.4. The summed E-state index contributed by atoms with van der Waals surface area (Å²) >= 11 is 0. The van der Waals surface area contributed by atoms with Crippen molar-refractivity contribution in [3.8, 4) is 0 Å². The first-order valence-corrected chi connectivity index (χ1v) is 7.74. The molecule has 3 atom stereocenters. The summed E-state index contributed by atoms with van der Waals surface area (Å²) in [5.41, 5.74) is 5.79. The van der Waals surface area contributed by atoms with Crippen LogP contribution >= 0.6 is 0 Å². The highest BCUT2D eigenvalue weighted by molar-refractivity contribution is 5.32. The van der Waals surface area contributed by atoms with Gasteiger partial charge in [-0.2, -0.15) is 4.98 Å². The second-order valence-corrected chi connectivity index (χ2v) is 6.50. The van der Waals surface area contributed by atoms with E-state index in [9.17, 15) is 0 Å². The van der Waals surface area contributed by atoms with Crippen molar-refractivity contribution in [2.24, 2.45) is 23.5 Å². The van der Waals surface area contributed by atoms with E-state index in [1.165, 1.54) is 32.1 Å². The fourth-order valence-electron chi connectivity index (χ4n) is 4.22. The third-order valence-electron chi connectivity index (χ3n) is 5.35. The number of nitrogens with one attached hydrogen (secondary N) is 1. The van der Waals surface area contributed by atoms with E-state index < -0.39 is 0 Å². The number of fused-ring (bicyclic) bond motifs is 1. The molecule has 5 nitrogen and oxygen atoms in total. The lowest BCUT2D eigenvalue weighted by atomic mass is 9.99. The van der Waals surface area contributed by atoms with Crippen LogP contribution in [0.3, 0.4) is 0 Å². The van der Waals surface area contributed by atoms with Gasteiger partial charge in [0.05, 0.1) is 0 Å². The predicted octanol–water partition coefficient (Wildman–Crippen LogP) is 1.49. The Labute approximate surface area is 114 Å². The van der Waals surface area contributed by atoms with Gasteiger partial charge in [0.25, 0.3) is 0 Å². The maximum absolute atomic E-state index is 5.79. The van der Waals surface area contributed by atoms with Crippen molar-refractivity contribution in [1.29, 1.82) is 0 Å². The Morgan fingerprint density at radius 2 is 2.05 bits per heavy atom. The molecule has 1 aromatic heterocycles. The third kappa shape index (κ3) is 1.95. The minimum Gasteiger partial charge on any atom is -0.339 e. The summed E-state index contributed by atoms with van der Waals surface area (Å²) in [6.07, 6.45) is 6.66. The van der Waals surface area contributed by atoms with Gasteiger partial charge in [0.2, 0.25) is 5.95 Å². The first kappa shape index (κ1) is 11.7. The second kappa shape index (κ2) is 4.47. The second-order valence-electron chi connectivity index (χ2n) is 6.50. The molecule has 2 aliphatic carbocycles. The van der Waals surface area contributed by atoms with Gasteiger partial charge in [-0.05, 0) is 50.0 Å². The topological polar surface area (TPSA) is 70.8 Å². The van der Waals surface area contributed by atoms with Crippen LogP contribution < -0.4 is 10.6 Å². The highest BCUT2D eigenvalue weighted by Gasteiger charge is 2.55. The molecule has 2 saturated carbocycles. The zero-order valence-electron chi connectivity index (χ0n) is 11.4. The molecule has 3 N–H and O–H groups in total. The van der Waals surface area contributed by atoms with Crippen LogP contribution in [0.5, 0.6) is 0 Å². The molecule has 2 heterocycles. The molecular formula is C14H23N5. The summed E-state index contributed by atoms with van der Waals surface area (Å²) in [6, 6.07) is 0. The molecule has 4 rings (SSSR count). The summed E-state index contributed by atoms with van der Waals surface area (Å²) < 4.78 is 0. The molecule has 5 heteroatoms. The van der Waals surface area contributed by atoms with E-state index in [1.54, 1.807) is 0 Å². The monoisotopic (exact) mass is 261 g/mol. The Bertz CT molecular complexity index is 446. The van der Waals surface area contributed by atoms with E-state index in [0.29, 0.717) is 11.8 Å². The number of H-pyrrole nitrogens is 1. The predicted molar refractivity (Wildman–Crippen MR) is 73.9 cm³/mol. The summed E-state index contributed by atoms with van der Waals surface area (Å²) in [5.74, 6) is 5.14.